The lowest BCUT2D eigenvalue weighted by Crippen LogP contribution is -2.34. The molecule has 1 heterocycles. The first kappa shape index (κ1) is 10.0. The van der Waals surface area contributed by atoms with Gasteiger partial charge >= 0.3 is 0 Å². The maximum atomic E-state index is 12.0. The monoisotopic (exact) mass is 224 g/mol. The highest BCUT2D eigenvalue weighted by Gasteiger charge is 2.30. The molecule has 1 aliphatic heterocycles. The predicted molar refractivity (Wildman–Crippen MR) is 58.9 cm³/mol. The Hall–Kier alpha value is -1.49. The van der Waals surface area contributed by atoms with Crippen LogP contribution in [0.15, 0.2) is 35.5 Å². The van der Waals surface area contributed by atoms with Crippen LogP contribution in [0, 0.1) is 6.92 Å². The van der Waals surface area contributed by atoms with Crippen molar-refractivity contribution in [3.05, 3.63) is 36.2 Å². The number of aryl methyl sites for hydroxylation is 1. The van der Waals surface area contributed by atoms with Crippen molar-refractivity contribution >= 4 is 15.7 Å². The summed E-state index contributed by atoms with van der Waals surface area (Å²) in [4.78, 5) is 0.303. The van der Waals surface area contributed by atoms with Crippen LogP contribution in [0.2, 0.25) is 0 Å². The number of nitrogens with one attached hydrogen (secondary N) is 1. The molecular weight excluding hydrogens is 212 g/mol. The van der Waals surface area contributed by atoms with Crippen LogP contribution in [-0.2, 0) is 10.0 Å². The minimum atomic E-state index is -3.42. The van der Waals surface area contributed by atoms with Crippen LogP contribution in [-0.4, -0.2) is 19.8 Å². The van der Waals surface area contributed by atoms with Crippen molar-refractivity contribution in [1.82, 2.24) is 4.31 Å². The van der Waals surface area contributed by atoms with E-state index in [4.69, 9.17) is 0 Å². The van der Waals surface area contributed by atoms with Crippen molar-refractivity contribution in [2.75, 3.05) is 12.4 Å². The molecule has 1 N–H and O–H groups in total. The number of sulfonamides is 1. The zero-order valence-electron chi connectivity index (χ0n) is 8.61. The summed E-state index contributed by atoms with van der Waals surface area (Å²) in [6.07, 6.45) is 0. The van der Waals surface area contributed by atoms with Crippen molar-refractivity contribution in [2.24, 2.45) is 0 Å². The van der Waals surface area contributed by atoms with E-state index in [-0.39, 0.29) is 0 Å². The Morgan fingerprint density at radius 3 is 2.73 bits per heavy atom. The summed E-state index contributed by atoms with van der Waals surface area (Å²) in [5.74, 6) is 0.367. The summed E-state index contributed by atoms with van der Waals surface area (Å²) in [5, 5.41) is 2.94. The molecule has 0 saturated carbocycles. The fraction of sp³-hybridized carbons (Fsp3) is 0.200. The molecule has 0 amide bonds. The van der Waals surface area contributed by atoms with E-state index >= 15 is 0 Å². The minimum absolute atomic E-state index is 0.303. The molecule has 0 aliphatic carbocycles. The van der Waals surface area contributed by atoms with Crippen LogP contribution in [0.3, 0.4) is 0 Å². The fourth-order valence-electron chi connectivity index (χ4n) is 1.47. The van der Waals surface area contributed by atoms with Gasteiger partial charge in [0.05, 0.1) is 5.69 Å². The quantitative estimate of drug-likeness (QED) is 0.726. The largest absolute Gasteiger partial charge is 0.340 e. The van der Waals surface area contributed by atoms with Crippen molar-refractivity contribution in [3.8, 4) is 0 Å². The molecule has 80 valence electrons. The highest BCUT2D eigenvalue weighted by Crippen LogP contribution is 2.32. The Kier molecular flexibility index (Phi) is 2.01. The van der Waals surface area contributed by atoms with E-state index in [9.17, 15) is 8.42 Å². The van der Waals surface area contributed by atoms with E-state index in [1.807, 2.05) is 13.0 Å². The minimum Gasteiger partial charge on any atom is -0.340 e. The standard InChI is InChI=1S/C10H12N2O2S/c1-7-4-5-9-10(6-7)15(13,14)12(3)8(2)11-9/h4-6,11H,2H2,1,3H3. The summed E-state index contributed by atoms with van der Waals surface area (Å²) >= 11 is 0. The van der Waals surface area contributed by atoms with Gasteiger partial charge in [0, 0.05) is 7.05 Å². The van der Waals surface area contributed by atoms with Gasteiger partial charge in [-0.1, -0.05) is 12.6 Å². The average molecular weight is 224 g/mol. The van der Waals surface area contributed by atoms with Crippen LogP contribution in [0.4, 0.5) is 5.69 Å². The van der Waals surface area contributed by atoms with Crippen LogP contribution in [0.25, 0.3) is 0 Å². The number of hydrogen-bond donors (Lipinski definition) is 1. The number of fused-ring (bicyclic) bond motifs is 1. The van der Waals surface area contributed by atoms with Gasteiger partial charge in [-0.05, 0) is 24.6 Å². The highest BCUT2D eigenvalue weighted by molar-refractivity contribution is 7.89. The molecule has 1 aromatic carbocycles. The number of anilines is 1. The van der Waals surface area contributed by atoms with Crippen LogP contribution >= 0.6 is 0 Å². The van der Waals surface area contributed by atoms with E-state index in [0.717, 1.165) is 9.87 Å². The smallest absolute Gasteiger partial charge is 0.267 e. The van der Waals surface area contributed by atoms with Crippen molar-refractivity contribution in [3.63, 3.8) is 0 Å². The number of nitrogens with zero attached hydrogens (tertiary/aromatic N) is 1. The van der Waals surface area contributed by atoms with E-state index in [1.165, 1.54) is 7.05 Å². The van der Waals surface area contributed by atoms with E-state index in [2.05, 4.69) is 11.9 Å². The van der Waals surface area contributed by atoms with Gasteiger partial charge < -0.3 is 5.32 Å². The second kappa shape index (κ2) is 3.00. The third-order valence-electron chi connectivity index (χ3n) is 2.43. The van der Waals surface area contributed by atoms with Crippen molar-refractivity contribution < 1.29 is 8.42 Å². The fourth-order valence-corrected chi connectivity index (χ4v) is 2.84. The molecule has 4 nitrogen and oxygen atoms in total. The van der Waals surface area contributed by atoms with Gasteiger partial charge in [0.15, 0.2) is 0 Å². The van der Waals surface area contributed by atoms with Gasteiger partial charge in [-0.2, -0.15) is 0 Å². The van der Waals surface area contributed by atoms with Gasteiger partial charge in [-0.15, -0.1) is 0 Å². The van der Waals surface area contributed by atoms with Crippen LogP contribution < -0.4 is 5.32 Å². The molecule has 1 aromatic rings. The summed E-state index contributed by atoms with van der Waals surface area (Å²) in [6, 6.07) is 5.26. The van der Waals surface area contributed by atoms with E-state index in [1.54, 1.807) is 12.1 Å². The van der Waals surface area contributed by atoms with Gasteiger partial charge in [0.25, 0.3) is 10.0 Å². The molecule has 0 spiro atoms. The molecule has 0 radical (unpaired) electrons. The summed E-state index contributed by atoms with van der Waals surface area (Å²) < 4.78 is 25.1. The Balaban J connectivity index is 2.73. The normalized spacial score (nSPS) is 18.3. The molecule has 0 aromatic heterocycles. The zero-order valence-corrected chi connectivity index (χ0v) is 9.43. The number of rotatable bonds is 0. The summed E-state index contributed by atoms with van der Waals surface area (Å²) in [5.41, 5.74) is 1.50. The molecule has 1 aliphatic rings. The van der Waals surface area contributed by atoms with Crippen molar-refractivity contribution in [2.45, 2.75) is 11.8 Å². The molecule has 0 bridgehead atoms. The summed E-state index contributed by atoms with van der Waals surface area (Å²) in [7, 11) is -1.94. The van der Waals surface area contributed by atoms with E-state index in [0.29, 0.717) is 16.4 Å². The van der Waals surface area contributed by atoms with Crippen LogP contribution in [0.1, 0.15) is 5.56 Å². The Labute approximate surface area is 89.3 Å². The Morgan fingerprint density at radius 2 is 2.07 bits per heavy atom. The molecule has 0 atom stereocenters. The topological polar surface area (TPSA) is 49.4 Å². The lowest BCUT2D eigenvalue weighted by molar-refractivity contribution is 0.521. The molecular formula is C10H12N2O2S. The molecule has 5 heteroatoms. The molecule has 0 saturated heterocycles. The van der Waals surface area contributed by atoms with Crippen LogP contribution in [0.5, 0.6) is 0 Å². The van der Waals surface area contributed by atoms with Gasteiger partial charge in [0.2, 0.25) is 0 Å². The van der Waals surface area contributed by atoms with Gasteiger partial charge in [-0.25, -0.2) is 8.42 Å². The SMILES string of the molecule is C=C1Nc2ccc(C)cc2S(=O)(=O)N1C. The third kappa shape index (κ3) is 1.39. The summed E-state index contributed by atoms with van der Waals surface area (Å²) in [6.45, 7) is 5.51. The number of hydrogen-bond acceptors (Lipinski definition) is 3. The molecule has 0 fully saturated rings. The molecule has 2 rings (SSSR count). The first-order chi connectivity index (χ1) is 6.93. The second-order valence-corrected chi connectivity index (χ2v) is 5.48. The van der Waals surface area contributed by atoms with Gasteiger partial charge in [-0.3, -0.25) is 4.31 Å². The first-order valence-corrected chi connectivity index (χ1v) is 5.92. The predicted octanol–water partition coefficient (Wildman–Crippen LogP) is 1.51. The molecule has 0 unspecified atom stereocenters. The first-order valence-electron chi connectivity index (χ1n) is 4.48. The lowest BCUT2D eigenvalue weighted by atomic mass is 10.2. The molecule has 15 heavy (non-hydrogen) atoms. The third-order valence-corrected chi connectivity index (χ3v) is 4.27. The zero-order chi connectivity index (χ0) is 11.2. The maximum Gasteiger partial charge on any atom is 0.267 e. The number of benzene rings is 1. The lowest BCUT2D eigenvalue weighted by Gasteiger charge is -2.29. The van der Waals surface area contributed by atoms with Gasteiger partial charge in [0.1, 0.15) is 10.7 Å². The Bertz CT molecular complexity index is 534. The van der Waals surface area contributed by atoms with E-state index < -0.39 is 10.0 Å². The second-order valence-electron chi connectivity index (χ2n) is 3.54. The average Bonchev–Trinajstić information content (AvgIpc) is 2.17. The highest BCUT2D eigenvalue weighted by atomic mass is 32.2. The van der Waals surface area contributed by atoms with Crippen molar-refractivity contribution in [1.29, 1.82) is 0 Å². The Morgan fingerprint density at radius 1 is 1.40 bits per heavy atom. The maximum absolute atomic E-state index is 12.0.